The van der Waals surface area contributed by atoms with Crippen molar-refractivity contribution in [2.24, 2.45) is 5.73 Å². The van der Waals surface area contributed by atoms with Crippen molar-refractivity contribution in [3.05, 3.63) is 11.6 Å². The molecule has 1 fully saturated rings. The van der Waals surface area contributed by atoms with Crippen LogP contribution in [0.2, 0.25) is 0 Å². The van der Waals surface area contributed by atoms with Crippen LogP contribution in [-0.2, 0) is 19.4 Å². The quantitative estimate of drug-likeness (QED) is 0.864. The third kappa shape index (κ3) is 2.65. The van der Waals surface area contributed by atoms with Gasteiger partial charge in [-0.05, 0) is 25.0 Å². The second kappa shape index (κ2) is 4.98. The van der Waals surface area contributed by atoms with E-state index in [-0.39, 0.29) is 6.04 Å². The van der Waals surface area contributed by atoms with E-state index in [0.29, 0.717) is 0 Å². The molecule has 0 saturated carbocycles. The highest BCUT2D eigenvalue weighted by atomic mass is 32.2. The van der Waals surface area contributed by atoms with Crippen molar-refractivity contribution >= 4 is 11.8 Å². The molecule has 0 radical (unpaired) electrons. The summed E-state index contributed by atoms with van der Waals surface area (Å²) in [5, 5.41) is 5.35. The van der Waals surface area contributed by atoms with E-state index in [0.717, 1.165) is 42.7 Å². The molecule has 0 aromatic carbocycles. The van der Waals surface area contributed by atoms with Crippen LogP contribution in [0, 0.1) is 0 Å². The third-order valence-corrected chi connectivity index (χ3v) is 5.02. The van der Waals surface area contributed by atoms with E-state index in [4.69, 9.17) is 5.73 Å². The molecule has 1 aromatic rings. The zero-order valence-electron chi connectivity index (χ0n) is 10.1. The highest BCUT2D eigenvalue weighted by Gasteiger charge is 2.21. The van der Waals surface area contributed by atoms with Crippen LogP contribution in [0.1, 0.15) is 37.3 Å². The summed E-state index contributed by atoms with van der Waals surface area (Å²) in [5.41, 5.74) is 5.95. The Bertz CT molecular complexity index is 384. The fourth-order valence-electron chi connectivity index (χ4n) is 2.64. The predicted molar refractivity (Wildman–Crippen MR) is 70.1 cm³/mol. The Morgan fingerprint density at radius 1 is 1.35 bits per heavy atom. The van der Waals surface area contributed by atoms with Crippen LogP contribution in [0.5, 0.6) is 0 Å². The normalized spacial score (nSPS) is 29.0. The number of hydrogen-bond donors (Lipinski definition) is 1. The molecule has 2 aliphatic rings. The maximum Gasteiger partial charge on any atom is 0.152 e. The van der Waals surface area contributed by atoms with Crippen LogP contribution in [0.3, 0.4) is 0 Å². The minimum Gasteiger partial charge on any atom is -0.326 e. The van der Waals surface area contributed by atoms with Gasteiger partial charge in [0, 0.05) is 24.1 Å². The molecule has 3 rings (SSSR count). The molecule has 0 bridgehead atoms. The number of nitrogens with zero attached hydrogens (tertiary/aromatic N) is 3. The van der Waals surface area contributed by atoms with E-state index >= 15 is 0 Å². The van der Waals surface area contributed by atoms with Gasteiger partial charge < -0.3 is 5.73 Å². The number of aryl methyl sites for hydroxylation is 1. The Morgan fingerprint density at radius 2 is 2.29 bits per heavy atom. The lowest BCUT2D eigenvalue weighted by molar-refractivity contribution is 0.420. The largest absolute Gasteiger partial charge is 0.326 e. The SMILES string of the molecule is NC1CCc2nc(CC3CCCCS3)nn2C1. The van der Waals surface area contributed by atoms with Gasteiger partial charge >= 0.3 is 0 Å². The lowest BCUT2D eigenvalue weighted by Crippen LogP contribution is -2.32. The average Bonchev–Trinajstić information content (AvgIpc) is 2.71. The molecule has 5 heteroatoms. The van der Waals surface area contributed by atoms with Gasteiger partial charge in [-0.2, -0.15) is 16.9 Å². The molecular weight excluding hydrogens is 232 g/mol. The van der Waals surface area contributed by atoms with Gasteiger partial charge in [-0.25, -0.2) is 9.67 Å². The van der Waals surface area contributed by atoms with Gasteiger partial charge in [0.15, 0.2) is 5.82 Å². The first-order valence-corrected chi connectivity index (χ1v) is 7.66. The number of rotatable bonds is 2. The number of thioether (sulfide) groups is 1. The van der Waals surface area contributed by atoms with E-state index in [1.807, 2.05) is 4.68 Å². The van der Waals surface area contributed by atoms with Crippen LogP contribution in [0.15, 0.2) is 0 Å². The van der Waals surface area contributed by atoms with Gasteiger partial charge in [0.05, 0.1) is 6.54 Å². The smallest absolute Gasteiger partial charge is 0.152 e. The van der Waals surface area contributed by atoms with Crippen LogP contribution >= 0.6 is 11.8 Å². The van der Waals surface area contributed by atoms with E-state index in [1.54, 1.807) is 0 Å². The molecule has 0 aliphatic carbocycles. The Hall–Kier alpha value is -0.550. The minimum atomic E-state index is 0.265. The first kappa shape index (κ1) is 11.5. The summed E-state index contributed by atoms with van der Waals surface area (Å²) in [6.45, 7) is 0.847. The van der Waals surface area contributed by atoms with Gasteiger partial charge in [0.25, 0.3) is 0 Å². The van der Waals surface area contributed by atoms with Gasteiger partial charge in [-0.1, -0.05) is 6.42 Å². The van der Waals surface area contributed by atoms with E-state index in [1.165, 1.54) is 25.0 Å². The summed E-state index contributed by atoms with van der Waals surface area (Å²) >= 11 is 2.09. The number of aromatic nitrogens is 3. The second-order valence-electron chi connectivity index (χ2n) is 5.12. The minimum absolute atomic E-state index is 0.265. The first-order chi connectivity index (χ1) is 8.31. The summed E-state index contributed by atoms with van der Waals surface area (Å²) in [5.74, 6) is 3.49. The molecule has 94 valence electrons. The van der Waals surface area contributed by atoms with Gasteiger partial charge in [0.1, 0.15) is 5.82 Å². The fourth-order valence-corrected chi connectivity index (χ4v) is 3.95. The third-order valence-electron chi connectivity index (χ3n) is 3.62. The maximum atomic E-state index is 5.95. The summed E-state index contributed by atoms with van der Waals surface area (Å²) in [6.07, 6.45) is 7.16. The van der Waals surface area contributed by atoms with E-state index < -0.39 is 0 Å². The van der Waals surface area contributed by atoms with Crippen LogP contribution in [0.25, 0.3) is 0 Å². The van der Waals surface area contributed by atoms with Crippen molar-refractivity contribution in [1.82, 2.24) is 14.8 Å². The van der Waals surface area contributed by atoms with Crippen molar-refractivity contribution in [1.29, 1.82) is 0 Å². The topological polar surface area (TPSA) is 56.7 Å². The molecule has 3 heterocycles. The molecule has 2 unspecified atom stereocenters. The number of hydrogen-bond acceptors (Lipinski definition) is 4. The molecule has 1 saturated heterocycles. The zero-order chi connectivity index (χ0) is 11.7. The Morgan fingerprint density at radius 3 is 3.12 bits per heavy atom. The standard InChI is InChI=1S/C12H20N4S/c13-9-4-5-12-14-11(15-16(12)8-9)7-10-3-1-2-6-17-10/h9-10H,1-8,13H2. The second-order valence-corrected chi connectivity index (χ2v) is 6.53. The Kier molecular flexibility index (Phi) is 3.38. The van der Waals surface area contributed by atoms with Crippen molar-refractivity contribution in [3.63, 3.8) is 0 Å². The highest BCUT2D eigenvalue weighted by Crippen LogP contribution is 2.27. The van der Waals surface area contributed by atoms with Crippen LogP contribution in [0.4, 0.5) is 0 Å². The lowest BCUT2D eigenvalue weighted by Gasteiger charge is -2.19. The van der Waals surface area contributed by atoms with Crippen molar-refractivity contribution in [3.8, 4) is 0 Å². The van der Waals surface area contributed by atoms with Crippen LogP contribution < -0.4 is 5.73 Å². The summed E-state index contributed by atoms with van der Waals surface area (Å²) in [6, 6.07) is 0.265. The molecule has 2 atom stereocenters. The predicted octanol–water partition coefficient (Wildman–Crippen LogP) is 1.38. The summed E-state index contributed by atoms with van der Waals surface area (Å²) in [7, 11) is 0. The molecule has 0 spiro atoms. The van der Waals surface area contributed by atoms with Gasteiger partial charge in [-0.3, -0.25) is 0 Å². The maximum absolute atomic E-state index is 5.95. The average molecular weight is 252 g/mol. The molecule has 2 aliphatic heterocycles. The molecule has 17 heavy (non-hydrogen) atoms. The van der Waals surface area contributed by atoms with E-state index in [2.05, 4.69) is 21.8 Å². The van der Waals surface area contributed by atoms with Crippen molar-refractivity contribution < 1.29 is 0 Å². The van der Waals surface area contributed by atoms with Crippen molar-refractivity contribution in [2.45, 2.75) is 56.4 Å². The monoisotopic (exact) mass is 252 g/mol. The van der Waals surface area contributed by atoms with Gasteiger partial charge in [0.2, 0.25) is 0 Å². The molecule has 2 N–H and O–H groups in total. The lowest BCUT2D eigenvalue weighted by atomic mass is 10.1. The first-order valence-electron chi connectivity index (χ1n) is 6.61. The summed E-state index contributed by atoms with van der Waals surface area (Å²) < 4.78 is 2.02. The molecule has 1 aromatic heterocycles. The molecule has 0 amide bonds. The molecule has 4 nitrogen and oxygen atoms in total. The highest BCUT2D eigenvalue weighted by molar-refractivity contribution is 7.99. The Labute approximate surface area is 106 Å². The zero-order valence-corrected chi connectivity index (χ0v) is 11.0. The van der Waals surface area contributed by atoms with Crippen molar-refractivity contribution in [2.75, 3.05) is 5.75 Å². The van der Waals surface area contributed by atoms with Gasteiger partial charge in [-0.15, -0.1) is 0 Å². The van der Waals surface area contributed by atoms with E-state index in [9.17, 15) is 0 Å². The van der Waals surface area contributed by atoms with Crippen LogP contribution in [-0.4, -0.2) is 31.8 Å². The summed E-state index contributed by atoms with van der Waals surface area (Å²) in [4.78, 5) is 4.66. The fraction of sp³-hybridized carbons (Fsp3) is 0.833. The number of fused-ring (bicyclic) bond motifs is 1. The number of nitrogens with two attached hydrogens (primary N) is 1. The Balaban J connectivity index is 1.67. The molecular formula is C12H20N4S.